The summed E-state index contributed by atoms with van der Waals surface area (Å²) in [5.74, 6) is 0.180. The van der Waals surface area contributed by atoms with E-state index in [9.17, 15) is 12.8 Å². The molecule has 3 rings (SSSR count). The Morgan fingerprint density at radius 1 is 1.38 bits per heavy atom. The Bertz CT molecular complexity index is 664. The normalized spacial score (nSPS) is 24.0. The van der Waals surface area contributed by atoms with Crippen LogP contribution in [-0.4, -0.2) is 50.9 Å². The Morgan fingerprint density at radius 3 is 2.75 bits per heavy atom. The summed E-state index contributed by atoms with van der Waals surface area (Å²) in [7, 11) is -3.14. The van der Waals surface area contributed by atoms with Crippen LogP contribution in [-0.2, 0) is 21.3 Å². The number of hydrogen-bond donors (Lipinski definition) is 1. The Hall–Kier alpha value is -1.02. The van der Waals surface area contributed by atoms with Crippen LogP contribution >= 0.6 is 0 Å². The van der Waals surface area contributed by atoms with Crippen molar-refractivity contribution >= 4 is 10.0 Å². The summed E-state index contributed by atoms with van der Waals surface area (Å²) in [4.78, 5) is 2.19. The Morgan fingerprint density at radius 2 is 2.12 bits per heavy atom. The Labute approximate surface area is 143 Å². The minimum atomic E-state index is -3.14. The van der Waals surface area contributed by atoms with Gasteiger partial charge >= 0.3 is 0 Å². The number of ether oxygens (including phenoxy) is 1. The van der Waals surface area contributed by atoms with Crippen LogP contribution in [0, 0.1) is 11.7 Å². The van der Waals surface area contributed by atoms with Gasteiger partial charge in [-0.15, -0.1) is 0 Å². The Balaban J connectivity index is 1.43. The second-order valence-corrected chi connectivity index (χ2v) is 8.98. The molecule has 5 nitrogen and oxygen atoms in total. The van der Waals surface area contributed by atoms with Gasteiger partial charge in [-0.1, -0.05) is 18.2 Å². The number of hydrogen-bond acceptors (Lipinski definition) is 4. The fourth-order valence-corrected chi connectivity index (χ4v) is 4.12. The molecule has 2 fully saturated rings. The highest BCUT2D eigenvalue weighted by atomic mass is 32.2. The first-order valence-electron chi connectivity index (χ1n) is 8.48. The molecule has 24 heavy (non-hydrogen) atoms. The van der Waals surface area contributed by atoms with E-state index in [1.54, 1.807) is 13.0 Å². The monoisotopic (exact) mass is 356 g/mol. The molecule has 7 heteroatoms. The maximum atomic E-state index is 13.7. The van der Waals surface area contributed by atoms with E-state index >= 15 is 0 Å². The van der Waals surface area contributed by atoms with E-state index in [2.05, 4.69) is 9.62 Å². The van der Waals surface area contributed by atoms with E-state index < -0.39 is 10.0 Å². The Kier molecular flexibility index (Phi) is 5.24. The van der Waals surface area contributed by atoms with Crippen LogP contribution in [0.2, 0.25) is 0 Å². The highest BCUT2D eigenvalue weighted by molar-refractivity contribution is 7.89. The van der Waals surface area contributed by atoms with Crippen molar-refractivity contribution < 1.29 is 17.5 Å². The van der Waals surface area contributed by atoms with Crippen molar-refractivity contribution in [1.29, 1.82) is 0 Å². The number of halogens is 1. The summed E-state index contributed by atoms with van der Waals surface area (Å²) in [6.45, 7) is 4.90. The van der Waals surface area contributed by atoms with Crippen molar-refractivity contribution in [3.8, 4) is 0 Å². The quantitative estimate of drug-likeness (QED) is 0.844. The molecule has 0 bridgehead atoms. The summed E-state index contributed by atoms with van der Waals surface area (Å²) < 4.78 is 45.3. The third-order valence-corrected chi connectivity index (χ3v) is 6.35. The second-order valence-electron chi connectivity index (χ2n) is 6.89. The molecule has 2 heterocycles. The number of benzene rings is 1. The van der Waals surface area contributed by atoms with Gasteiger partial charge in [0.25, 0.3) is 0 Å². The zero-order chi connectivity index (χ0) is 17.2. The molecule has 1 atom stereocenters. The SMILES string of the molecule is CCS(=O)(=O)NC[C@@H]1CCC2(CN(Cc3ccccc3F)C2)OC1. The molecule has 0 saturated carbocycles. The molecule has 0 aliphatic carbocycles. The second kappa shape index (κ2) is 7.07. The maximum Gasteiger partial charge on any atom is 0.211 e. The summed E-state index contributed by atoms with van der Waals surface area (Å²) in [6.07, 6.45) is 1.89. The third-order valence-electron chi connectivity index (χ3n) is 4.98. The summed E-state index contributed by atoms with van der Waals surface area (Å²) in [6, 6.07) is 6.86. The standard InChI is InChI=1S/C17H25FN2O3S/c1-2-24(21,22)19-9-14-7-8-17(23-11-14)12-20(13-17)10-15-5-3-4-6-16(15)18/h3-6,14,19H,2,7-13H2,1H3/t14-/m0/s1. The topological polar surface area (TPSA) is 58.6 Å². The molecule has 1 aromatic rings. The minimum Gasteiger partial charge on any atom is -0.372 e. The lowest BCUT2D eigenvalue weighted by Gasteiger charge is -2.53. The van der Waals surface area contributed by atoms with Crippen LogP contribution < -0.4 is 4.72 Å². The minimum absolute atomic E-state index is 0.107. The summed E-state index contributed by atoms with van der Waals surface area (Å²) >= 11 is 0. The number of likely N-dealkylation sites (tertiary alicyclic amines) is 1. The fourth-order valence-electron chi connectivity index (χ4n) is 3.42. The molecule has 0 unspecified atom stereocenters. The highest BCUT2D eigenvalue weighted by Crippen LogP contribution is 2.36. The fraction of sp³-hybridized carbons (Fsp3) is 0.647. The van der Waals surface area contributed by atoms with Gasteiger partial charge in [0.05, 0.1) is 18.0 Å². The van der Waals surface area contributed by atoms with Crippen molar-refractivity contribution in [3.05, 3.63) is 35.6 Å². The average Bonchev–Trinajstić information content (AvgIpc) is 2.55. The van der Waals surface area contributed by atoms with E-state index in [4.69, 9.17) is 4.74 Å². The summed E-state index contributed by atoms with van der Waals surface area (Å²) in [5.41, 5.74) is 0.598. The zero-order valence-corrected chi connectivity index (χ0v) is 14.8. The van der Waals surface area contributed by atoms with Crippen LogP contribution in [0.1, 0.15) is 25.3 Å². The van der Waals surface area contributed by atoms with E-state index in [1.807, 2.05) is 12.1 Å². The molecule has 2 saturated heterocycles. The molecular formula is C17H25FN2O3S. The maximum absolute atomic E-state index is 13.7. The number of sulfonamides is 1. The first kappa shape index (κ1) is 17.8. The number of nitrogens with zero attached hydrogens (tertiary/aromatic N) is 1. The number of nitrogens with one attached hydrogen (secondary N) is 1. The lowest BCUT2D eigenvalue weighted by molar-refractivity contribution is -0.181. The molecule has 0 aromatic heterocycles. The molecule has 2 aliphatic heterocycles. The molecule has 0 amide bonds. The lowest BCUT2D eigenvalue weighted by atomic mass is 9.83. The first-order valence-corrected chi connectivity index (χ1v) is 10.1. The highest BCUT2D eigenvalue weighted by Gasteiger charge is 2.46. The van der Waals surface area contributed by atoms with Gasteiger partial charge in [-0.05, 0) is 31.7 Å². The molecule has 1 N–H and O–H groups in total. The van der Waals surface area contributed by atoms with Crippen molar-refractivity contribution in [1.82, 2.24) is 9.62 Å². The van der Waals surface area contributed by atoms with Gasteiger partial charge in [-0.3, -0.25) is 4.90 Å². The van der Waals surface area contributed by atoms with Gasteiger partial charge < -0.3 is 4.74 Å². The molecule has 1 aromatic carbocycles. The van der Waals surface area contributed by atoms with Crippen molar-refractivity contribution in [3.63, 3.8) is 0 Å². The van der Waals surface area contributed by atoms with Gasteiger partial charge in [0.1, 0.15) is 5.82 Å². The van der Waals surface area contributed by atoms with Crippen LogP contribution in [0.25, 0.3) is 0 Å². The third kappa shape index (κ3) is 4.14. The molecule has 134 valence electrons. The van der Waals surface area contributed by atoms with Crippen molar-refractivity contribution in [2.24, 2.45) is 5.92 Å². The molecule has 0 radical (unpaired) electrons. The first-order chi connectivity index (χ1) is 11.4. The van der Waals surface area contributed by atoms with Gasteiger partial charge in [0.15, 0.2) is 0 Å². The van der Waals surface area contributed by atoms with Crippen LogP contribution in [0.3, 0.4) is 0 Å². The average molecular weight is 356 g/mol. The predicted molar refractivity (Wildman–Crippen MR) is 90.5 cm³/mol. The van der Waals surface area contributed by atoms with Crippen LogP contribution in [0.5, 0.6) is 0 Å². The number of rotatable bonds is 6. The van der Waals surface area contributed by atoms with E-state index in [0.717, 1.165) is 31.5 Å². The zero-order valence-electron chi connectivity index (χ0n) is 14.0. The van der Waals surface area contributed by atoms with Crippen LogP contribution in [0.4, 0.5) is 4.39 Å². The molecule has 1 spiro atoms. The van der Waals surface area contributed by atoms with Crippen molar-refractivity contribution in [2.45, 2.75) is 31.9 Å². The van der Waals surface area contributed by atoms with Gasteiger partial charge in [0, 0.05) is 31.7 Å². The van der Waals surface area contributed by atoms with E-state index in [-0.39, 0.29) is 23.1 Å². The van der Waals surface area contributed by atoms with Gasteiger partial charge in [0.2, 0.25) is 10.0 Å². The van der Waals surface area contributed by atoms with Gasteiger partial charge in [-0.2, -0.15) is 0 Å². The van der Waals surface area contributed by atoms with Crippen molar-refractivity contribution in [2.75, 3.05) is 32.0 Å². The van der Waals surface area contributed by atoms with E-state index in [1.165, 1.54) is 6.07 Å². The predicted octanol–water partition coefficient (Wildman–Crippen LogP) is 1.75. The van der Waals surface area contributed by atoms with Crippen LogP contribution in [0.15, 0.2) is 24.3 Å². The largest absolute Gasteiger partial charge is 0.372 e. The van der Waals surface area contributed by atoms with E-state index in [0.29, 0.717) is 19.7 Å². The summed E-state index contributed by atoms with van der Waals surface area (Å²) in [5, 5.41) is 0. The molecule has 2 aliphatic rings. The molecular weight excluding hydrogens is 331 g/mol. The van der Waals surface area contributed by atoms with Gasteiger partial charge in [-0.25, -0.2) is 17.5 Å². The smallest absolute Gasteiger partial charge is 0.211 e. The lowest BCUT2D eigenvalue weighted by Crippen LogP contribution is -2.64.